The molecule has 4 nitrogen and oxygen atoms in total. The molecule has 0 aliphatic heterocycles. The molecule has 0 fully saturated rings. The van der Waals surface area contributed by atoms with Crippen LogP contribution in [0, 0.1) is 0 Å². The van der Waals surface area contributed by atoms with Gasteiger partial charge in [0.2, 0.25) is 0 Å². The lowest BCUT2D eigenvalue weighted by Gasteiger charge is -2.09. The molecule has 2 N–H and O–H groups in total. The number of amides is 1. The third-order valence-corrected chi connectivity index (χ3v) is 4.31. The first-order valence-corrected chi connectivity index (χ1v) is 8.33. The summed E-state index contributed by atoms with van der Waals surface area (Å²) >= 11 is 1.61. The van der Waals surface area contributed by atoms with E-state index in [0.717, 1.165) is 29.2 Å². The Hall–Kier alpha value is -2.01. The van der Waals surface area contributed by atoms with E-state index in [2.05, 4.69) is 17.2 Å². The standard InChI is InChI=1S/C17H20N2O2S/c1-2-12-22-17-15(4-3-10-19-17)16(21)18-11-9-13-5-7-14(20)8-6-13/h3-8,10,20H,2,9,11-12H2,1H3,(H,18,21). The van der Waals surface area contributed by atoms with Crippen LogP contribution in [0.5, 0.6) is 5.75 Å². The number of nitrogens with one attached hydrogen (secondary N) is 1. The number of pyridine rings is 1. The molecule has 1 aromatic carbocycles. The summed E-state index contributed by atoms with van der Waals surface area (Å²) in [5, 5.41) is 12.9. The lowest BCUT2D eigenvalue weighted by atomic mass is 10.1. The van der Waals surface area contributed by atoms with Crippen molar-refractivity contribution in [3.8, 4) is 5.75 Å². The van der Waals surface area contributed by atoms with E-state index in [4.69, 9.17) is 0 Å². The van der Waals surface area contributed by atoms with Crippen molar-refractivity contribution in [1.82, 2.24) is 10.3 Å². The number of rotatable bonds is 7. The van der Waals surface area contributed by atoms with Crippen molar-refractivity contribution in [3.05, 3.63) is 53.7 Å². The van der Waals surface area contributed by atoms with Gasteiger partial charge >= 0.3 is 0 Å². The Balaban J connectivity index is 1.90. The molecular weight excluding hydrogens is 296 g/mol. The van der Waals surface area contributed by atoms with E-state index in [-0.39, 0.29) is 11.7 Å². The van der Waals surface area contributed by atoms with Gasteiger partial charge in [0.05, 0.1) is 5.56 Å². The second-order valence-electron chi connectivity index (χ2n) is 4.88. The molecule has 22 heavy (non-hydrogen) atoms. The van der Waals surface area contributed by atoms with Crippen LogP contribution in [0.2, 0.25) is 0 Å². The molecule has 1 heterocycles. The minimum atomic E-state index is -0.0921. The molecular formula is C17H20N2O2S. The van der Waals surface area contributed by atoms with Crippen LogP contribution in [0.3, 0.4) is 0 Å². The Kier molecular flexibility index (Phi) is 6.27. The second-order valence-corrected chi connectivity index (χ2v) is 5.96. The molecule has 0 bridgehead atoms. The van der Waals surface area contributed by atoms with E-state index in [1.54, 1.807) is 42.2 Å². The molecule has 0 aliphatic rings. The van der Waals surface area contributed by atoms with Crippen LogP contribution in [-0.2, 0) is 6.42 Å². The van der Waals surface area contributed by atoms with E-state index in [0.29, 0.717) is 12.1 Å². The van der Waals surface area contributed by atoms with Crippen molar-refractivity contribution in [3.63, 3.8) is 0 Å². The number of carbonyl (C=O) groups excluding carboxylic acids is 1. The molecule has 116 valence electrons. The Morgan fingerprint density at radius 1 is 1.27 bits per heavy atom. The molecule has 0 saturated carbocycles. The van der Waals surface area contributed by atoms with Gasteiger partial charge in [-0.1, -0.05) is 19.1 Å². The molecule has 0 atom stereocenters. The van der Waals surface area contributed by atoms with E-state index in [1.165, 1.54) is 0 Å². The van der Waals surface area contributed by atoms with Crippen molar-refractivity contribution in [1.29, 1.82) is 0 Å². The average Bonchev–Trinajstić information content (AvgIpc) is 2.55. The highest BCUT2D eigenvalue weighted by Crippen LogP contribution is 2.20. The third kappa shape index (κ3) is 4.77. The topological polar surface area (TPSA) is 62.2 Å². The fourth-order valence-electron chi connectivity index (χ4n) is 1.96. The van der Waals surface area contributed by atoms with Crippen LogP contribution in [-0.4, -0.2) is 28.3 Å². The zero-order valence-electron chi connectivity index (χ0n) is 12.6. The number of hydrogen-bond donors (Lipinski definition) is 2. The lowest BCUT2D eigenvalue weighted by Crippen LogP contribution is -2.26. The SMILES string of the molecule is CCCSc1ncccc1C(=O)NCCc1ccc(O)cc1. The predicted molar refractivity (Wildman–Crippen MR) is 89.4 cm³/mol. The quantitative estimate of drug-likeness (QED) is 0.770. The fraction of sp³-hybridized carbons (Fsp3) is 0.294. The summed E-state index contributed by atoms with van der Waals surface area (Å²) in [5.74, 6) is 1.11. The number of hydrogen-bond acceptors (Lipinski definition) is 4. The number of nitrogens with zero attached hydrogens (tertiary/aromatic N) is 1. The molecule has 5 heteroatoms. The molecule has 2 rings (SSSR count). The highest BCUT2D eigenvalue weighted by Gasteiger charge is 2.11. The molecule has 1 aromatic heterocycles. The van der Waals surface area contributed by atoms with E-state index >= 15 is 0 Å². The average molecular weight is 316 g/mol. The van der Waals surface area contributed by atoms with Gasteiger partial charge < -0.3 is 10.4 Å². The number of phenolic OH excluding ortho intramolecular Hbond substituents is 1. The molecule has 1 amide bonds. The minimum absolute atomic E-state index is 0.0921. The molecule has 0 spiro atoms. The first-order chi connectivity index (χ1) is 10.7. The van der Waals surface area contributed by atoms with Crippen molar-refractivity contribution in [2.45, 2.75) is 24.8 Å². The summed E-state index contributed by atoms with van der Waals surface area (Å²) in [4.78, 5) is 16.6. The van der Waals surface area contributed by atoms with Gasteiger partial charge in [0.15, 0.2) is 0 Å². The Morgan fingerprint density at radius 2 is 2.05 bits per heavy atom. The summed E-state index contributed by atoms with van der Waals surface area (Å²) in [6.45, 7) is 2.66. The van der Waals surface area contributed by atoms with Crippen LogP contribution >= 0.6 is 11.8 Å². The predicted octanol–water partition coefficient (Wildman–Crippen LogP) is 3.26. The maximum atomic E-state index is 12.3. The molecule has 0 saturated heterocycles. The Labute approximate surface area is 135 Å². The molecule has 0 radical (unpaired) electrons. The number of carbonyl (C=O) groups is 1. The Bertz CT molecular complexity index is 614. The number of aromatic nitrogens is 1. The zero-order valence-corrected chi connectivity index (χ0v) is 13.4. The van der Waals surface area contributed by atoms with Crippen molar-refractivity contribution in [2.24, 2.45) is 0 Å². The normalized spacial score (nSPS) is 10.4. The van der Waals surface area contributed by atoms with Crippen LogP contribution in [0.25, 0.3) is 0 Å². The largest absolute Gasteiger partial charge is 0.508 e. The van der Waals surface area contributed by atoms with Gasteiger partial charge in [0.25, 0.3) is 5.91 Å². The van der Waals surface area contributed by atoms with E-state index in [9.17, 15) is 9.90 Å². The molecule has 0 unspecified atom stereocenters. The van der Waals surface area contributed by atoms with Gasteiger partial charge in [-0.3, -0.25) is 4.79 Å². The summed E-state index contributed by atoms with van der Waals surface area (Å²) in [6.07, 6.45) is 3.48. The maximum Gasteiger partial charge on any atom is 0.254 e. The lowest BCUT2D eigenvalue weighted by molar-refractivity contribution is 0.0950. The van der Waals surface area contributed by atoms with Gasteiger partial charge in [-0.15, -0.1) is 11.8 Å². The van der Waals surface area contributed by atoms with Crippen LogP contribution in [0.15, 0.2) is 47.6 Å². The van der Waals surface area contributed by atoms with Gasteiger partial charge in [-0.25, -0.2) is 4.98 Å². The summed E-state index contributed by atoms with van der Waals surface area (Å²) in [6, 6.07) is 10.6. The summed E-state index contributed by atoms with van der Waals surface area (Å²) in [5.41, 5.74) is 1.71. The summed E-state index contributed by atoms with van der Waals surface area (Å²) in [7, 11) is 0. The molecule has 0 aliphatic carbocycles. The number of benzene rings is 1. The Morgan fingerprint density at radius 3 is 2.77 bits per heavy atom. The van der Waals surface area contributed by atoms with Crippen LogP contribution in [0.4, 0.5) is 0 Å². The van der Waals surface area contributed by atoms with Crippen LogP contribution < -0.4 is 5.32 Å². The van der Waals surface area contributed by atoms with E-state index in [1.807, 2.05) is 12.1 Å². The van der Waals surface area contributed by atoms with Crippen LogP contribution in [0.1, 0.15) is 29.3 Å². The highest BCUT2D eigenvalue weighted by atomic mass is 32.2. The van der Waals surface area contributed by atoms with Crippen molar-refractivity contribution in [2.75, 3.05) is 12.3 Å². The van der Waals surface area contributed by atoms with Crippen molar-refractivity contribution < 1.29 is 9.90 Å². The first kappa shape index (κ1) is 16.4. The maximum absolute atomic E-state index is 12.3. The minimum Gasteiger partial charge on any atom is -0.508 e. The zero-order chi connectivity index (χ0) is 15.8. The number of aromatic hydroxyl groups is 1. The van der Waals surface area contributed by atoms with Gasteiger partial charge in [-0.2, -0.15) is 0 Å². The fourth-order valence-corrected chi connectivity index (χ4v) is 2.80. The molecule has 2 aromatic rings. The van der Waals surface area contributed by atoms with Crippen molar-refractivity contribution >= 4 is 17.7 Å². The van der Waals surface area contributed by atoms with Gasteiger partial charge in [0.1, 0.15) is 10.8 Å². The van der Waals surface area contributed by atoms with Gasteiger partial charge in [-0.05, 0) is 48.4 Å². The van der Waals surface area contributed by atoms with E-state index < -0.39 is 0 Å². The van der Waals surface area contributed by atoms with Gasteiger partial charge in [0, 0.05) is 12.7 Å². The summed E-state index contributed by atoms with van der Waals surface area (Å²) < 4.78 is 0. The first-order valence-electron chi connectivity index (χ1n) is 7.34. The number of phenols is 1. The smallest absolute Gasteiger partial charge is 0.254 e. The highest BCUT2D eigenvalue weighted by molar-refractivity contribution is 7.99. The third-order valence-electron chi connectivity index (χ3n) is 3.09. The monoisotopic (exact) mass is 316 g/mol. The number of thioether (sulfide) groups is 1. The second kappa shape index (κ2) is 8.44.